The first-order valence-electron chi connectivity index (χ1n) is 5.66. The Morgan fingerprint density at radius 1 is 1.42 bits per heavy atom. The topological polar surface area (TPSA) is 27.0 Å². The van der Waals surface area contributed by atoms with E-state index in [2.05, 4.69) is 15.9 Å². The van der Waals surface area contributed by atoms with E-state index >= 15 is 0 Å². The van der Waals surface area contributed by atoms with E-state index in [1.54, 1.807) is 20.0 Å². The summed E-state index contributed by atoms with van der Waals surface area (Å²) in [5.74, 6) is -0.332. The van der Waals surface area contributed by atoms with Crippen molar-refractivity contribution in [3.8, 4) is 6.07 Å². The summed E-state index contributed by atoms with van der Waals surface area (Å²) in [7, 11) is 1.56. The first kappa shape index (κ1) is 15.8. The lowest BCUT2D eigenvalue weighted by Gasteiger charge is -2.24. The van der Waals surface area contributed by atoms with E-state index in [4.69, 9.17) is 5.26 Å². The fourth-order valence-electron chi connectivity index (χ4n) is 1.78. The van der Waals surface area contributed by atoms with Gasteiger partial charge in [0.15, 0.2) is 0 Å². The van der Waals surface area contributed by atoms with Crippen LogP contribution in [0.25, 0.3) is 0 Å². The number of rotatable bonds is 4. The van der Waals surface area contributed by atoms with Crippen molar-refractivity contribution >= 4 is 21.6 Å². The van der Waals surface area contributed by atoms with Gasteiger partial charge in [-0.25, -0.2) is 0 Å². The molecule has 1 aromatic carbocycles. The molecule has 0 saturated heterocycles. The molecule has 1 atom stereocenters. The SMILES string of the molecule is CC(C#N)CN(C)c1ccc(CBr)cc1C(F)(F)F. The first-order valence-corrected chi connectivity index (χ1v) is 6.78. The second kappa shape index (κ2) is 6.29. The standard InChI is InChI=1S/C13H14BrF3N2/c1-9(7-18)8-19(2)12-4-3-10(6-14)5-11(12)13(15,16)17/h3-5,9H,6,8H2,1-2H3. The van der Waals surface area contributed by atoms with Gasteiger partial charge in [-0.3, -0.25) is 0 Å². The molecule has 0 fully saturated rings. The zero-order valence-electron chi connectivity index (χ0n) is 10.6. The van der Waals surface area contributed by atoms with Gasteiger partial charge in [-0.05, 0) is 24.6 Å². The summed E-state index contributed by atoms with van der Waals surface area (Å²) in [6, 6.07) is 6.25. The lowest BCUT2D eigenvalue weighted by atomic mass is 10.1. The van der Waals surface area contributed by atoms with E-state index in [9.17, 15) is 13.2 Å². The number of anilines is 1. The molecule has 1 aromatic rings. The Bertz CT molecular complexity index is 480. The normalized spacial score (nSPS) is 12.9. The van der Waals surface area contributed by atoms with E-state index in [-0.39, 0.29) is 18.2 Å². The second-order valence-electron chi connectivity index (χ2n) is 4.39. The molecule has 19 heavy (non-hydrogen) atoms. The highest BCUT2D eigenvalue weighted by atomic mass is 79.9. The van der Waals surface area contributed by atoms with Crippen LogP contribution in [0.2, 0.25) is 0 Å². The van der Waals surface area contributed by atoms with Gasteiger partial charge in [-0.2, -0.15) is 18.4 Å². The van der Waals surface area contributed by atoms with E-state index < -0.39 is 11.7 Å². The van der Waals surface area contributed by atoms with Crippen LogP contribution in [-0.2, 0) is 11.5 Å². The zero-order valence-corrected chi connectivity index (χ0v) is 12.2. The molecule has 1 unspecified atom stereocenters. The molecule has 0 radical (unpaired) electrons. The summed E-state index contributed by atoms with van der Waals surface area (Å²) in [6.45, 7) is 1.93. The maximum atomic E-state index is 13.0. The Balaban J connectivity index is 3.16. The van der Waals surface area contributed by atoms with Crippen molar-refractivity contribution in [2.24, 2.45) is 5.92 Å². The minimum atomic E-state index is -4.41. The molecule has 0 aromatic heterocycles. The predicted octanol–water partition coefficient (Wildman–Crippen LogP) is 4.20. The van der Waals surface area contributed by atoms with E-state index in [1.165, 1.54) is 11.0 Å². The quantitative estimate of drug-likeness (QED) is 0.771. The number of halogens is 4. The minimum absolute atomic E-state index is 0.0966. The maximum Gasteiger partial charge on any atom is 0.418 e. The average Bonchev–Trinajstić information content (AvgIpc) is 2.36. The fraction of sp³-hybridized carbons (Fsp3) is 0.462. The number of alkyl halides is 4. The van der Waals surface area contributed by atoms with E-state index in [0.717, 1.165) is 6.07 Å². The van der Waals surface area contributed by atoms with Crippen LogP contribution >= 0.6 is 15.9 Å². The largest absolute Gasteiger partial charge is 0.418 e. The Hall–Kier alpha value is -1.22. The lowest BCUT2D eigenvalue weighted by molar-refractivity contribution is -0.137. The molecule has 2 nitrogen and oxygen atoms in total. The Labute approximate surface area is 119 Å². The molecule has 0 aliphatic heterocycles. The third kappa shape index (κ3) is 4.13. The van der Waals surface area contributed by atoms with Gasteiger partial charge in [0.1, 0.15) is 0 Å². The molecule has 0 spiro atoms. The number of nitriles is 1. The number of hydrogen-bond acceptors (Lipinski definition) is 2. The van der Waals surface area contributed by atoms with Crippen LogP contribution in [-0.4, -0.2) is 13.6 Å². The predicted molar refractivity (Wildman–Crippen MR) is 72.1 cm³/mol. The first-order chi connectivity index (χ1) is 8.79. The van der Waals surface area contributed by atoms with Gasteiger partial charge in [0.2, 0.25) is 0 Å². The molecule has 104 valence electrons. The minimum Gasteiger partial charge on any atom is -0.373 e. The van der Waals surface area contributed by atoms with Crippen molar-refractivity contribution < 1.29 is 13.2 Å². The maximum absolute atomic E-state index is 13.0. The second-order valence-corrected chi connectivity index (χ2v) is 4.95. The van der Waals surface area contributed by atoms with Crippen molar-refractivity contribution in [2.75, 3.05) is 18.5 Å². The molecular weight excluding hydrogens is 321 g/mol. The van der Waals surface area contributed by atoms with Crippen molar-refractivity contribution in [3.63, 3.8) is 0 Å². The molecule has 0 amide bonds. The van der Waals surface area contributed by atoms with Gasteiger partial charge in [0.25, 0.3) is 0 Å². The van der Waals surface area contributed by atoms with Crippen molar-refractivity contribution in [2.45, 2.75) is 18.4 Å². The van der Waals surface area contributed by atoms with E-state index in [1.807, 2.05) is 6.07 Å². The molecule has 0 bridgehead atoms. The summed E-state index contributed by atoms with van der Waals surface area (Å²) < 4.78 is 39.1. The highest BCUT2D eigenvalue weighted by Crippen LogP contribution is 2.37. The molecular formula is C13H14BrF3N2. The third-order valence-corrected chi connectivity index (χ3v) is 3.35. The molecule has 0 saturated carbocycles. The van der Waals surface area contributed by atoms with Crippen molar-refractivity contribution in [1.29, 1.82) is 5.26 Å². The third-order valence-electron chi connectivity index (χ3n) is 2.70. The van der Waals surface area contributed by atoms with Crippen molar-refractivity contribution in [3.05, 3.63) is 29.3 Å². The highest BCUT2D eigenvalue weighted by Gasteiger charge is 2.34. The number of nitrogens with zero attached hydrogens (tertiary/aromatic N) is 2. The Morgan fingerprint density at radius 2 is 2.05 bits per heavy atom. The monoisotopic (exact) mass is 334 g/mol. The summed E-state index contributed by atoms with van der Waals surface area (Å²) in [5, 5.41) is 9.11. The fourth-order valence-corrected chi connectivity index (χ4v) is 2.12. The number of benzene rings is 1. The summed E-state index contributed by atoms with van der Waals surface area (Å²) in [4.78, 5) is 1.47. The van der Waals surface area contributed by atoms with Gasteiger partial charge in [-0.1, -0.05) is 22.0 Å². The Morgan fingerprint density at radius 3 is 2.53 bits per heavy atom. The smallest absolute Gasteiger partial charge is 0.373 e. The van der Waals surface area contributed by atoms with Crippen LogP contribution in [0.3, 0.4) is 0 Å². The Kier molecular flexibility index (Phi) is 5.24. The van der Waals surface area contributed by atoms with Gasteiger partial charge in [-0.15, -0.1) is 0 Å². The van der Waals surface area contributed by atoms with Crippen LogP contribution in [0.15, 0.2) is 18.2 Å². The summed E-state index contributed by atoms with van der Waals surface area (Å²) in [6.07, 6.45) is -4.41. The highest BCUT2D eigenvalue weighted by molar-refractivity contribution is 9.08. The molecule has 0 N–H and O–H groups in total. The van der Waals surface area contributed by atoms with Crippen LogP contribution in [0.1, 0.15) is 18.1 Å². The molecule has 6 heteroatoms. The summed E-state index contributed by atoms with van der Waals surface area (Å²) >= 11 is 3.15. The van der Waals surface area contributed by atoms with Gasteiger partial charge in [0.05, 0.1) is 17.6 Å². The molecule has 0 aliphatic rings. The summed E-state index contributed by atoms with van der Waals surface area (Å²) in [5.41, 5.74) is -0.00537. The van der Waals surface area contributed by atoms with Gasteiger partial charge < -0.3 is 4.90 Å². The molecule has 1 rings (SSSR count). The van der Waals surface area contributed by atoms with E-state index in [0.29, 0.717) is 10.9 Å². The van der Waals surface area contributed by atoms with Crippen molar-refractivity contribution in [1.82, 2.24) is 0 Å². The van der Waals surface area contributed by atoms with Crippen LogP contribution in [0.5, 0.6) is 0 Å². The van der Waals surface area contributed by atoms with Gasteiger partial charge in [0, 0.05) is 24.6 Å². The zero-order chi connectivity index (χ0) is 14.6. The average molecular weight is 335 g/mol. The molecule has 0 heterocycles. The van der Waals surface area contributed by atoms with Gasteiger partial charge >= 0.3 is 6.18 Å². The van der Waals surface area contributed by atoms with Crippen LogP contribution in [0.4, 0.5) is 18.9 Å². The lowest BCUT2D eigenvalue weighted by Crippen LogP contribution is -2.26. The molecule has 0 aliphatic carbocycles. The number of hydrogen-bond donors (Lipinski definition) is 0. The van der Waals surface area contributed by atoms with Crippen LogP contribution in [0, 0.1) is 17.2 Å². The van der Waals surface area contributed by atoms with Crippen LogP contribution < -0.4 is 4.90 Å².